The number of anilines is 1. The topological polar surface area (TPSA) is 85.8 Å². The fraction of sp³-hybridized carbons (Fsp3) is 0.321. The summed E-state index contributed by atoms with van der Waals surface area (Å²) in [6.07, 6.45) is 3.23. The van der Waals surface area contributed by atoms with Gasteiger partial charge in [0, 0.05) is 19.5 Å². The number of fused-ring (bicyclic) bond motifs is 6. The molecule has 0 radical (unpaired) electrons. The Bertz CT molecular complexity index is 1420. The summed E-state index contributed by atoms with van der Waals surface area (Å²) in [5, 5.41) is 6.34. The summed E-state index contributed by atoms with van der Waals surface area (Å²) in [5.74, 6) is 2.90. The third-order valence-corrected chi connectivity index (χ3v) is 7.72. The van der Waals surface area contributed by atoms with Gasteiger partial charge in [0.1, 0.15) is 22.7 Å². The van der Waals surface area contributed by atoms with Crippen LogP contribution in [0, 0.1) is 0 Å². The highest BCUT2D eigenvalue weighted by molar-refractivity contribution is 7.16. The average molecular weight is 517 g/mol. The molecular formula is C28H28N4O4S. The molecule has 2 aliphatic heterocycles. The second kappa shape index (κ2) is 10.4. The number of hydrogen-bond donors (Lipinski definition) is 1. The average Bonchev–Trinajstić information content (AvgIpc) is 3.40. The van der Waals surface area contributed by atoms with Crippen LogP contribution in [-0.2, 0) is 22.6 Å². The first-order valence-corrected chi connectivity index (χ1v) is 13.3. The van der Waals surface area contributed by atoms with Gasteiger partial charge in [-0.05, 0) is 59.7 Å². The molecule has 9 heteroatoms. The number of hydrogen-bond acceptors (Lipinski definition) is 8. The number of aryl methyl sites for hydroxylation is 1. The maximum Gasteiger partial charge on any atom is 0.220 e. The van der Waals surface area contributed by atoms with Gasteiger partial charge >= 0.3 is 0 Å². The quantitative estimate of drug-likeness (QED) is 0.413. The summed E-state index contributed by atoms with van der Waals surface area (Å²) < 4.78 is 18.1. The molecule has 2 aromatic carbocycles. The van der Waals surface area contributed by atoms with Gasteiger partial charge in [-0.2, -0.15) is 0 Å². The molecule has 0 spiro atoms. The van der Waals surface area contributed by atoms with E-state index in [1.165, 1.54) is 0 Å². The van der Waals surface area contributed by atoms with Crippen molar-refractivity contribution in [3.05, 3.63) is 71.4 Å². The van der Waals surface area contributed by atoms with Gasteiger partial charge in [-0.1, -0.05) is 18.2 Å². The van der Waals surface area contributed by atoms with Crippen molar-refractivity contribution in [3.8, 4) is 17.2 Å². The molecule has 8 nitrogen and oxygen atoms in total. The number of carbonyl (C=O) groups is 1. The van der Waals surface area contributed by atoms with Crippen LogP contribution in [0.5, 0.6) is 17.2 Å². The summed E-state index contributed by atoms with van der Waals surface area (Å²) in [5.41, 5.74) is 2.02. The Morgan fingerprint density at radius 1 is 1.11 bits per heavy atom. The normalized spacial score (nSPS) is 20.2. The van der Waals surface area contributed by atoms with Crippen molar-refractivity contribution in [2.24, 2.45) is 0 Å². The number of carbonyl (C=O) groups excluding carboxylic acids is 1. The molecule has 2 atom stereocenters. The Balaban J connectivity index is 1.28. The van der Waals surface area contributed by atoms with Crippen LogP contribution in [0.15, 0.2) is 60.2 Å². The first-order chi connectivity index (χ1) is 18.2. The first kappa shape index (κ1) is 23.7. The number of methoxy groups -OCH3 is 1. The van der Waals surface area contributed by atoms with Gasteiger partial charge in [-0.15, -0.1) is 11.3 Å². The molecule has 1 fully saturated rings. The summed E-state index contributed by atoms with van der Waals surface area (Å²) in [6.45, 7) is 1.83. The van der Waals surface area contributed by atoms with E-state index in [2.05, 4.69) is 26.3 Å². The minimum absolute atomic E-state index is 0.00228. The second-order valence-corrected chi connectivity index (χ2v) is 10.2. The zero-order chi connectivity index (χ0) is 25.2. The predicted molar refractivity (Wildman–Crippen MR) is 143 cm³/mol. The molecule has 37 heavy (non-hydrogen) atoms. The Kier molecular flexibility index (Phi) is 6.63. The van der Waals surface area contributed by atoms with Crippen molar-refractivity contribution in [1.82, 2.24) is 15.3 Å². The minimum Gasteiger partial charge on any atom is -0.493 e. The molecule has 1 saturated heterocycles. The molecule has 0 aliphatic carbocycles. The van der Waals surface area contributed by atoms with Crippen molar-refractivity contribution in [2.45, 2.75) is 38.0 Å². The summed E-state index contributed by atoms with van der Waals surface area (Å²) in [4.78, 5) is 25.3. The Morgan fingerprint density at radius 3 is 2.97 bits per heavy atom. The Hall–Kier alpha value is -3.69. The van der Waals surface area contributed by atoms with E-state index in [0.717, 1.165) is 45.9 Å². The van der Waals surface area contributed by atoms with Gasteiger partial charge in [-0.3, -0.25) is 4.79 Å². The van der Waals surface area contributed by atoms with Crippen LogP contribution < -0.4 is 19.7 Å². The third-order valence-electron chi connectivity index (χ3n) is 6.90. The Labute approximate surface area is 219 Å². The van der Waals surface area contributed by atoms with E-state index in [-0.39, 0.29) is 18.1 Å². The highest BCUT2D eigenvalue weighted by atomic mass is 32.1. The van der Waals surface area contributed by atoms with E-state index in [1.54, 1.807) is 24.8 Å². The fourth-order valence-electron chi connectivity index (χ4n) is 5.01. The van der Waals surface area contributed by atoms with Crippen molar-refractivity contribution in [3.63, 3.8) is 0 Å². The number of rotatable bonds is 2. The van der Waals surface area contributed by atoms with Crippen LogP contribution in [-0.4, -0.2) is 48.2 Å². The van der Waals surface area contributed by atoms with Crippen molar-refractivity contribution >= 4 is 33.3 Å². The van der Waals surface area contributed by atoms with Gasteiger partial charge in [-0.25, -0.2) is 9.97 Å². The van der Waals surface area contributed by atoms with Gasteiger partial charge in [0.15, 0.2) is 11.5 Å². The molecule has 0 unspecified atom stereocenters. The molecule has 1 N–H and O–H groups in total. The molecule has 0 saturated carbocycles. The molecule has 2 aliphatic rings. The standard InChI is InChI=1S/C28H28N4O4S/c1-34-24-7-5-18-6-8-26(33)31-22-15-32(27-21-10-12-37-28(21)30-17-29-27)11-9-23(22)35-16-19-3-2-4-20(13-19)36-25(24)14-18/h2-5,7,10,12-14,17,22-23H,6,8-9,11,15-16H2,1H3,(H,31,33)/t22-,23+/m0/s1. The van der Waals surface area contributed by atoms with Crippen LogP contribution in [0.25, 0.3) is 10.2 Å². The number of amides is 1. The SMILES string of the molecule is COc1ccc2cc1Oc1cccc(c1)CO[C@@H]1CCN(c3ncnc4sccc34)C[C@@H]1NC(=O)CC2. The maximum atomic E-state index is 13.1. The number of piperidine rings is 1. The van der Waals surface area contributed by atoms with Crippen molar-refractivity contribution in [2.75, 3.05) is 25.1 Å². The minimum atomic E-state index is -0.166. The number of ether oxygens (including phenoxy) is 3. The molecule has 2 aromatic heterocycles. The summed E-state index contributed by atoms with van der Waals surface area (Å²) >= 11 is 1.61. The lowest BCUT2D eigenvalue weighted by molar-refractivity contribution is -0.123. The number of thiophene rings is 1. The van der Waals surface area contributed by atoms with Crippen molar-refractivity contribution in [1.29, 1.82) is 0 Å². The predicted octanol–water partition coefficient (Wildman–Crippen LogP) is 4.72. The Morgan fingerprint density at radius 2 is 2.05 bits per heavy atom. The molecule has 1 amide bonds. The van der Waals surface area contributed by atoms with E-state index in [9.17, 15) is 4.79 Å². The monoisotopic (exact) mass is 516 g/mol. The van der Waals surface area contributed by atoms with Gasteiger partial charge < -0.3 is 24.4 Å². The number of nitrogens with one attached hydrogen (secondary N) is 1. The molecular weight excluding hydrogens is 488 g/mol. The van der Waals surface area contributed by atoms with Gasteiger partial charge in [0.25, 0.3) is 0 Å². The molecule has 4 aromatic rings. The van der Waals surface area contributed by atoms with Crippen LogP contribution in [0.3, 0.4) is 0 Å². The zero-order valence-corrected chi connectivity index (χ0v) is 21.4. The van der Waals surface area contributed by atoms with Gasteiger partial charge in [0.05, 0.1) is 31.2 Å². The lowest BCUT2D eigenvalue weighted by Crippen LogP contribution is -2.56. The number of nitrogens with zero attached hydrogens (tertiary/aromatic N) is 3. The molecule has 4 bridgehead atoms. The fourth-order valence-corrected chi connectivity index (χ4v) is 5.74. The lowest BCUT2D eigenvalue weighted by Gasteiger charge is -2.39. The van der Waals surface area contributed by atoms with Gasteiger partial charge in [0.2, 0.25) is 5.91 Å². The van der Waals surface area contributed by atoms with E-state index in [1.807, 2.05) is 47.8 Å². The number of aromatic nitrogens is 2. The van der Waals surface area contributed by atoms with E-state index >= 15 is 0 Å². The summed E-state index contributed by atoms with van der Waals surface area (Å²) in [7, 11) is 1.62. The van der Waals surface area contributed by atoms with Crippen LogP contribution in [0.2, 0.25) is 0 Å². The highest BCUT2D eigenvalue weighted by Crippen LogP contribution is 2.34. The third kappa shape index (κ3) is 5.10. The first-order valence-electron chi connectivity index (χ1n) is 12.4. The number of benzene rings is 2. The largest absolute Gasteiger partial charge is 0.493 e. The lowest BCUT2D eigenvalue weighted by atomic mass is 10.0. The van der Waals surface area contributed by atoms with Crippen molar-refractivity contribution < 1.29 is 19.0 Å². The molecule has 6 rings (SSSR count). The second-order valence-electron chi connectivity index (χ2n) is 9.33. The van der Waals surface area contributed by atoms with E-state index < -0.39 is 0 Å². The summed E-state index contributed by atoms with van der Waals surface area (Å²) in [6, 6.07) is 15.6. The molecule has 190 valence electrons. The van der Waals surface area contributed by atoms with E-state index in [4.69, 9.17) is 14.2 Å². The maximum absolute atomic E-state index is 13.1. The molecule has 4 heterocycles. The zero-order valence-electron chi connectivity index (χ0n) is 20.6. The van der Waals surface area contributed by atoms with Crippen LogP contribution >= 0.6 is 11.3 Å². The van der Waals surface area contributed by atoms with E-state index in [0.29, 0.717) is 37.5 Å². The van der Waals surface area contributed by atoms with Crippen LogP contribution in [0.4, 0.5) is 5.82 Å². The smallest absolute Gasteiger partial charge is 0.220 e. The highest BCUT2D eigenvalue weighted by Gasteiger charge is 2.32. The van der Waals surface area contributed by atoms with Crippen LogP contribution in [0.1, 0.15) is 24.0 Å².